The molecule has 60 valence electrons. The number of ether oxygens (including phenoxy) is 2. The summed E-state index contributed by atoms with van der Waals surface area (Å²) in [5, 5.41) is 0. The summed E-state index contributed by atoms with van der Waals surface area (Å²) < 4.78 is 11.0. The minimum absolute atomic E-state index is 0.782. The topological polar surface area (TPSA) is 18.5 Å². The lowest BCUT2D eigenvalue weighted by atomic mass is 10.3. The molecule has 0 aromatic heterocycles. The van der Waals surface area contributed by atoms with Crippen molar-refractivity contribution in [1.82, 2.24) is 0 Å². The zero-order valence-electron chi connectivity index (χ0n) is 6.43. The van der Waals surface area contributed by atoms with Crippen LogP contribution in [0.25, 0.3) is 0 Å². The highest BCUT2D eigenvalue weighted by molar-refractivity contribution is 9.10. The van der Waals surface area contributed by atoms with Crippen molar-refractivity contribution in [2.24, 2.45) is 0 Å². The third-order valence-corrected chi connectivity index (χ3v) is 2.15. The Kier molecular flexibility index (Phi) is 2.76. The van der Waals surface area contributed by atoms with E-state index in [-0.39, 0.29) is 0 Å². The van der Waals surface area contributed by atoms with Gasteiger partial charge in [0.1, 0.15) is 16.0 Å². The van der Waals surface area contributed by atoms with Crippen molar-refractivity contribution in [1.29, 1.82) is 0 Å². The van der Waals surface area contributed by atoms with Crippen LogP contribution in [0.1, 0.15) is 0 Å². The van der Waals surface area contributed by atoms with Crippen molar-refractivity contribution in [3.05, 3.63) is 22.7 Å². The second kappa shape index (κ2) is 3.62. The monoisotopic (exact) mass is 216 g/mol. The molecule has 3 heteroatoms. The largest absolute Gasteiger partial charge is 0.495 e. The molecule has 0 saturated carbocycles. The van der Waals surface area contributed by atoms with Gasteiger partial charge in [0.05, 0.1) is 14.2 Å². The molecule has 0 aliphatic heterocycles. The van der Waals surface area contributed by atoms with Crippen molar-refractivity contribution >= 4 is 15.9 Å². The van der Waals surface area contributed by atoms with Gasteiger partial charge in [0.25, 0.3) is 0 Å². The van der Waals surface area contributed by atoms with Gasteiger partial charge < -0.3 is 9.47 Å². The molecule has 1 aromatic rings. The Bertz CT molecular complexity index is 226. The second-order valence-corrected chi connectivity index (χ2v) is 2.77. The zero-order chi connectivity index (χ0) is 8.27. The maximum atomic E-state index is 5.06. The second-order valence-electron chi connectivity index (χ2n) is 1.98. The third kappa shape index (κ3) is 1.66. The molecule has 0 amide bonds. The van der Waals surface area contributed by atoms with Crippen molar-refractivity contribution in [2.75, 3.05) is 14.2 Å². The van der Waals surface area contributed by atoms with Crippen LogP contribution in [0.15, 0.2) is 22.7 Å². The van der Waals surface area contributed by atoms with Crippen molar-refractivity contribution in [2.45, 2.75) is 0 Å². The van der Waals surface area contributed by atoms with Crippen LogP contribution >= 0.6 is 15.9 Å². The number of hydrogen-bond acceptors (Lipinski definition) is 2. The molecule has 0 unspecified atom stereocenters. The van der Waals surface area contributed by atoms with E-state index < -0.39 is 0 Å². The van der Waals surface area contributed by atoms with Gasteiger partial charge in [-0.3, -0.25) is 0 Å². The van der Waals surface area contributed by atoms with Crippen LogP contribution < -0.4 is 9.47 Å². The highest BCUT2D eigenvalue weighted by atomic mass is 79.9. The van der Waals surface area contributed by atoms with E-state index in [1.54, 1.807) is 14.2 Å². The van der Waals surface area contributed by atoms with E-state index in [1.165, 1.54) is 0 Å². The molecule has 1 rings (SSSR count). The minimum Gasteiger partial charge on any atom is -0.495 e. The van der Waals surface area contributed by atoms with E-state index in [4.69, 9.17) is 9.47 Å². The van der Waals surface area contributed by atoms with E-state index in [2.05, 4.69) is 15.9 Å². The first kappa shape index (κ1) is 8.40. The van der Waals surface area contributed by atoms with Gasteiger partial charge in [-0.2, -0.15) is 0 Å². The fourth-order valence-electron chi connectivity index (χ4n) is 0.806. The Morgan fingerprint density at radius 1 is 1.09 bits per heavy atom. The normalized spacial score (nSPS) is 9.36. The Hall–Kier alpha value is -0.700. The SMILES string of the molecule is COc1cccc(OC)c1Br. The van der Waals surface area contributed by atoms with E-state index >= 15 is 0 Å². The molecule has 0 bridgehead atoms. The molecular formula is C8H9BrO2. The highest BCUT2D eigenvalue weighted by Crippen LogP contribution is 2.33. The fourth-order valence-corrected chi connectivity index (χ4v) is 1.39. The Labute approximate surface area is 74.3 Å². The molecule has 0 spiro atoms. The van der Waals surface area contributed by atoms with Gasteiger partial charge in [-0.05, 0) is 28.1 Å². The summed E-state index contributed by atoms with van der Waals surface area (Å²) in [6, 6.07) is 5.61. The summed E-state index contributed by atoms with van der Waals surface area (Å²) in [5.74, 6) is 1.56. The van der Waals surface area contributed by atoms with E-state index in [9.17, 15) is 0 Å². The van der Waals surface area contributed by atoms with E-state index in [1.807, 2.05) is 18.2 Å². The molecular weight excluding hydrogens is 208 g/mol. The van der Waals surface area contributed by atoms with Gasteiger partial charge in [-0.15, -0.1) is 0 Å². The molecule has 1 aromatic carbocycles. The first-order valence-electron chi connectivity index (χ1n) is 3.16. The first-order valence-corrected chi connectivity index (χ1v) is 3.95. The molecule has 0 aliphatic rings. The summed E-state index contributed by atoms with van der Waals surface area (Å²) in [6.45, 7) is 0. The van der Waals surface area contributed by atoms with Gasteiger partial charge >= 0.3 is 0 Å². The quantitative estimate of drug-likeness (QED) is 0.757. The lowest BCUT2D eigenvalue weighted by molar-refractivity contribution is 0.389. The number of rotatable bonds is 2. The van der Waals surface area contributed by atoms with Gasteiger partial charge in [-0.1, -0.05) is 6.07 Å². The van der Waals surface area contributed by atoms with Crippen LogP contribution in [0.2, 0.25) is 0 Å². The summed E-state index contributed by atoms with van der Waals surface area (Å²) in [7, 11) is 3.25. The van der Waals surface area contributed by atoms with Crippen LogP contribution in [0, 0.1) is 0 Å². The Balaban J connectivity index is 3.10. The molecule has 0 saturated heterocycles. The lowest BCUT2D eigenvalue weighted by Gasteiger charge is -2.06. The van der Waals surface area contributed by atoms with Crippen LogP contribution in [-0.4, -0.2) is 14.2 Å². The summed E-state index contributed by atoms with van der Waals surface area (Å²) in [5.41, 5.74) is 0. The number of methoxy groups -OCH3 is 2. The number of benzene rings is 1. The maximum Gasteiger partial charge on any atom is 0.136 e. The van der Waals surface area contributed by atoms with E-state index in [0.717, 1.165) is 16.0 Å². The number of hydrogen-bond donors (Lipinski definition) is 0. The van der Waals surface area contributed by atoms with Crippen molar-refractivity contribution in [3.63, 3.8) is 0 Å². The molecule has 0 aliphatic carbocycles. The predicted molar refractivity (Wildman–Crippen MR) is 47.2 cm³/mol. The maximum absolute atomic E-state index is 5.06. The van der Waals surface area contributed by atoms with Crippen molar-refractivity contribution in [3.8, 4) is 11.5 Å². The molecule has 11 heavy (non-hydrogen) atoms. The lowest BCUT2D eigenvalue weighted by Crippen LogP contribution is -1.88. The van der Waals surface area contributed by atoms with Crippen LogP contribution in [0.3, 0.4) is 0 Å². The van der Waals surface area contributed by atoms with Gasteiger partial charge in [-0.25, -0.2) is 0 Å². The summed E-state index contributed by atoms with van der Waals surface area (Å²) >= 11 is 3.35. The molecule has 2 nitrogen and oxygen atoms in total. The standard InChI is InChI=1S/C8H9BrO2/c1-10-6-4-3-5-7(11-2)8(6)9/h3-5H,1-2H3. The third-order valence-electron chi connectivity index (χ3n) is 1.37. The van der Waals surface area contributed by atoms with E-state index in [0.29, 0.717) is 0 Å². The first-order chi connectivity index (χ1) is 5.29. The van der Waals surface area contributed by atoms with Crippen LogP contribution in [0.5, 0.6) is 11.5 Å². The highest BCUT2D eigenvalue weighted by Gasteiger charge is 2.04. The molecule has 0 atom stereocenters. The fraction of sp³-hybridized carbons (Fsp3) is 0.250. The van der Waals surface area contributed by atoms with Crippen LogP contribution in [-0.2, 0) is 0 Å². The van der Waals surface area contributed by atoms with Crippen LogP contribution in [0.4, 0.5) is 0 Å². The molecule has 0 N–H and O–H groups in total. The number of halogens is 1. The molecule has 0 heterocycles. The smallest absolute Gasteiger partial charge is 0.136 e. The Morgan fingerprint density at radius 2 is 1.55 bits per heavy atom. The molecule has 0 radical (unpaired) electrons. The van der Waals surface area contributed by atoms with Gasteiger partial charge in [0.2, 0.25) is 0 Å². The average molecular weight is 217 g/mol. The molecule has 0 fully saturated rings. The van der Waals surface area contributed by atoms with Gasteiger partial charge in [0.15, 0.2) is 0 Å². The summed E-state index contributed by atoms with van der Waals surface area (Å²) in [4.78, 5) is 0. The van der Waals surface area contributed by atoms with Crippen molar-refractivity contribution < 1.29 is 9.47 Å². The minimum atomic E-state index is 0.782. The summed E-state index contributed by atoms with van der Waals surface area (Å²) in [6.07, 6.45) is 0. The Morgan fingerprint density at radius 3 is 1.91 bits per heavy atom. The average Bonchev–Trinajstić information content (AvgIpc) is 2.05. The zero-order valence-corrected chi connectivity index (χ0v) is 8.01. The van der Waals surface area contributed by atoms with Gasteiger partial charge in [0, 0.05) is 0 Å². The predicted octanol–water partition coefficient (Wildman–Crippen LogP) is 2.47.